The van der Waals surface area contributed by atoms with Crippen LogP contribution in [0.4, 0.5) is 11.5 Å². The van der Waals surface area contributed by atoms with Crippen molar-refractivity contribution >= 4 is 51.4 Å². The van der Waals surface area contributed by atoms with Gasteiger partial charge in [-0.05, 0) is 72.4 Å². The summed E-state index contributed by atoms with van der Waals surface area (Å²) < 4.78 is 0. The van der Waals surface area contributed by atoms with Gasteiger partial charge in [-0.15, -0.1) is 10.2 Å². The number of anilines is 2. The van der Waals surface area contributed by atoms with Crippen LogP contribution in [0.3, 0.4) is 0 Å². The molecule has 1 N–H and O–H groups in total. The van der Waals surface area contributed by atoms with Crippen molar-refractivity contribution in [2.45, 2.75) is 51.0 Å². The van der Waals surface area contributed by atoms with E-state index in [0.717, 1.165) is 66.3 Å². The van der Waals surface area contributed by atoms with E-state index in [1.165, 1.54) is 11.1 Å². The third kappa shape index (κ3) is 4.35. The Morgan fingerprint density at radius 1 is 1.15 bits per heavy atom. The topological polar surface area (TPSA) is 108 Å². The highest BCUT2D eigenvalue weighted by Gasteiger charge is 2.38. The summed E-state index contributed by atoms with van der Waals surface area (Å²) in [6.45, 7) is 3.82. The van der Waals surface area contributed by atoms with Crippen LogP contribution < -0.4 is 15.1 Å². The van der Waals surface area contributed by atoms with Gasteiger partial charge in [0, 0.05) is 49.1 Å². The minimum Gasteiger partial charge on any atom is -0.357 e. The van der Waals surface area contributed by atoms with Crippen LogP contribution in [-0.4, -0.2) is 59.5 Å². The van der Waals surface area contributed by atoms with E-state index in [0.29, 0.717) is 17.1 Å². The molecule has 4 heterocycles. The molecule has 40 heavy (non-hydrogen) atoms. The fourth-order valence-electron chi connectivity index (χ4n) is 6.21. The molecule has 1 atom stereocenters. The van der Waals surface area contributed by atoms with E-state index in [4.69, 9.17) is 0 Å². The Morgan fingerprint density at radius 2 is 1.98 bits per heavy atom. The number of aryl methyl sites for hydroxylation is 1. The van der Waals surface area contributed by atoms with Crippen LogP contribution in [-0.2, 0) is 16.0 Å². The van der Waals surface area contributed by atoms with E-state index >= 15 is 0 Å². The summed E-state index contributed by atoms with van der Waals surface area (Å²) in [6, 6.07) is 13.4. The zero-order valence-corrected chi connectivity index (χ0v) is 22.8. The first-order valence-electron chi connectivity index (χ1n) is 14.0. The van der Waals surface area contributed by atoms with Gasteiger partial charge in [0.15, 0.2) is 11.5 Å². The predicted octanol–water partition coefficient (Wildman–Crippen LogP) is 4.18. The lowest BCUT2D eigenvalue weighted by atomic mass is 9.85. The van der Waals surface area contributed by atoms with E-state index in [1.807, 2.05) is 24.4 Å². The van der Waals surface area contributed by atoms with Gasteiger partial charge in [-0.2, -0.15) is 0 Å². The van der Waals surface area contributed by atoms with Crippen molar-refractivity contribution in [1.82, 2.24) is 20.5 Å². The van der Waals surface area contributed by atoms with E-state index < -0.39 is 6.04 Å². The molecule has 2 aromatic carbocycles. The Kier molecular flexibility index (Phi) is 6.88. The maximum atomic E-state index is 13.6. The number of carbonyl (C=O) groups is 3. The largest absolute Gasteiger partial charge is 0.357 e. The maximum absolute atomic E-state index is 13.6. The number of hydrogen-bond acceptors (Lipinski definition) is 7. The molecule has 6 rings (SSSR count). The van der Waals surface area contributed by atoms with Gasteiger partial charge in [-0.1, -0.05) is 25.1 Å². The fraction of sp³-hybridized carbons (Fsp3) is 0.355. The number of carbonyl (C=O) groups excluding carboxylic acids is 3. The van der Waals surface area contributed by atoms with Gasteiger partial charge in [-0.25, -0.2) is 4.98 Å². The molecule has 2 aliphatic rings. The third-order valence-corrected chi connectivity index (χ3v) is 8.33. The summed E-state index contributed by atoms with van der Waals surface area (Å²) in [5.74, 6) is 0.739. The Morgan fingerprint density at radius 3 is 2.73 bits per heavy atom. The van der Waals surface area contributed by atoms with Crippen LogP contribution in [0.5, 0.6) is 0 Å². The number of pyridine rings is 1. The molecule has 0 radical (unpaired) electrons. The van der Waals surface area contributed by atoms with E-state index in [-0.39, 0.29) is 24.7 Å². The Balaban J connectivity index is 1.27. The molecular formula is C31H32N6O3. The number of nitrogens with one attached hydrogen (secondary N) is 1. The van der Waals surface area contributed by atoms with E-state index in [1.54, 1.807) is 11.9 Å². The predicted molar refractivity (Wildman–Crippen MR) is 155 cm³/mol. The minimum atomic E-state index is -0.737. The van der Waals surface area contributed by atoms with Crippen LogP contribution in [0.15, 0.2) is 48.7 Å². The Bertz CT molecular complexity index is 1630. The van der Waals surface area contributed by atoms with Crippen LogP contribution in [0.1, 0.15) is 60.0 Å². The van der Waals surface area contributed by atoms with Crippen LogP contribution in [0.25, 0.3) is 21.8 Å². The third-order valence-electron chi connectivity index (χ3n) is 8.33. The normalized spacial score (nSPS) is 16.1. The van der Waals surface area contributed by atoms with Crippen molar-refractivity contribution in [2.24, 2.45) is 0 Å². The molecule has 9 nitrogen and oxygen atoms in total. The molecular weight excluding hydrogens is 504 g/mol. The molecule has 1 unspecified atom stereocenters. The van der Waals surface area contributed by atoms with Gasteiger partial charge in [0.25, 0.3) is 5.91 Å². The second-order valence-electron chi connectivity index (χ2n) is 10.5. The van der Waals surface area contributed by atoms with Crippen molar-refractivity contribution in [3.63, 3.8) is 0 Å². The van der Waals surface area contributed by atoms with Crippen molar-refractivity contribution in [3.8, 4) is 0 Å². The second-order valence-corrected chi connectivity index (χ2v) is 10.5. The van der Waals surface area contributed by atoms with Crippen LogP contribution in [0.2, 0.25) is 0 Å². The average molecular weight is 537 g/mol. The van der Waals surface area contributed by atoms with Gasteiger partial charge >= 0.3 is 0 Å². The van der Waals surface area contributed by atoms with Crippen molar-refractivity contribution < 1.29 is 14.4 Å². The molecule has 0 spiro atoms. The Hall–Kier alpha value is -4.40. The molecule has 2 aromatic heterocycles. The molecule has 1 saturated heterocycles. The molecule has 2 aliphatic heterocycles. The lowest BCUT2D eigenvalue weighted by molar-refractivity contribution is -0.122. The fourth-order valence-corrected chi connectivity index (χ4v) is 6.21. The number of amides is 2. The molecule has 0 saturated carbocycles. The highest BCUT2D eigenvalue weighted by atomic mass is 16.2. The number of aromatic nitrogens is 3. The van der Waals surface area contributed by atoms with Gasteiger partial charge in [0.2, 0.25) is 5.91 Å². The van der Waals surface area contributed by atoms with E-state index in [2.05, 4.69) is 56.6 Å². The number of piperidine rings is 1. The minimum absolute atomic E-state index is 0.192. The number of fused-ring (bicyclic) bond motifs is 1. The summed E-state index contributed by atoms with van der Waals surface area (Å²) >= 11 is 0. The number of nitrogens with zero attached hydrogens (tertiary/aromatic N) is 5. The van der Waals surface area contributed by atoms with Crippen LogP contribution >= 0.6 is 0 Å². The molecule has 4 aromatic rings. The highest BCUT2D eigenvalue weighted by Crippen LogP contribution is 2.44. The molecule has 0 aliphatic carbocycles. The molecule has 2 amide bonds. The molecule has 9 heteroatoms. The zero-order chi connectivity index (χ0) is 27.8. The maximum Gasteiger partial charge on any atom is 0.259 e. The first-order chi connectivity index (χ1) is 19.5. The Labute approximate surface area is 232 Å². The van der Waals surface area contributed by atoms with Crippen LogP contribution in [0, 0.1) is 0 Å². The summed E-state index contributed by atoms with van der Waals surface area (Å²) in [7, 11) is 1.55. The highest BCUT2D eigenvalue weighted by molar-refractivity contribution is 6.27. The van der Waals surface area contributed by atoms with E-state index in [9.17, 15) is 14.4 Å². The summed E-state index contributed by atoms with van der Waals surface area (Å²) in [5.41, 5.74) is 4.42. The number of rotatable bonds is 8. The van der Waals surface area contributed by atoms with Crippen molar-refractivity contribution in [3.05, 3.63) is 65.4 Å². The number of hydrogen-bond donors (Lipinski definition) is 1. The van der Waals surface area contributed by atoms with Gasteiger partial charge < -0.3 is 15.0 Å². The smallest absolute Gasteiger partial charge is 0.259 e. The standard InChI is InChI=1S/C31H32N6O3/c1-3-19-16-21-17-27(34-35-29(21)33-18-19)36-13-11-20(12-14-36)22-9-10-25-28-23(22)6-4-7-24(28)31(40)37(25)26(8-5-15-38)30(39)32-2/h4,6-7,9-10,15-18,20,26H,3,5,8,11-14H2,1-2H3,(H,32,39). The number of likely N-dealkylation sites (N-methyl/N-ethyl adjacent to an activating group) is 1. The van der Waals surface area contributed by atoms with Crippen molar-refractivity contribution in [2.75, 3.05) is 29.9 Å². The first-order valence-corrected chi connectivity index (χ1v) is 14.0. The molecule has 204 valence electrons. The zero-order valence-electron chi connectivity index (χ0n) is 22.8. The summed E-state index contributed by atoms with van der Waals surface area (Å²) in [4.78, 5) is 45.7. The lowest BCUT2D eigenvalue weighted by Gasteiger charge is -2.33. The van der Waals surface area contributed by atoms with Gasteiger partial charge in [0.1, 0.15) is 12.3 Å². The second kappa shape index (κ2) is 10.6. The SMILES string of the molecule is CCc1cnc2nnc(N3CCC(c4ccc5c6c(cccc46)C(=O)N5C(CCC=O)C(=O)NC)CC3)cc2c1. The lowest BCUT2D eigenvalue weighted by Crippen LogP contribution is -2.47. The number of aldehydes is 1. The summed E-state index contributed by atoms with van der Waals surface area (Å²) in [5, 5.41) is 14.4. The first kappa shape index (κ1) is 25.9. The van der Waals surface area contributed by atoms with Crippen molar-refractivity contribution in [1.29, 1.82) is 0 Å². The quantitative estimate of drug-likeness (QED) is 0.337. The molecule has 0 bridgehead atoms. The monoisotopic (exact) mass is 536 g/mol. The van der Waals surface area contributed by atoms with Gasteiger partial charge in [0.05, 0.1) is 5.69 Å². The average Bonchev–Trinajstić information content (AvgIpc) is 3.29. The summed E-state index contributed by atoms with van der Waals surface area (Å²) in [6.07, 6.45) is 5.95. The molecule has 1 fully saturated rings. The van der Waals surface area contributed by atoms with Gasteiger partial charge in [-0.3, -0.25) is 14.5 Å². The number of benzene rings is 2.